The fraction of sp³-hybridized carbons (Fsp3) is 1.00. The molecule has 0 aromatic rings. The summed E-state index contributed by atoms with van der Waals surface area (Å²) in [5, 5.41) is 1.17. The summed E-state index contributed by atoms with van der Waals surface area (Å²) in [4.78, 5) is 0. The van der Waals surface area contributed by atoms with E-state index in [1.165, 1.54) is 5.28 Å². The molecule has 0 saturated heterocycles. The third-order valence-corrected chi connectivity index (χ3v) is 0. The maximum atomic E-state index is 2.58. The Morgan fingerprint density at radius 1 is 1.17 bits per heavy atom. The molecular formula is C2H5AlCl3-. The number of rotatable bonds is 0. The summed E-state index contributed by atoms with van der Waals surface area (Å²) in [5.74, 6) is 0. The van der Waals surface area contributed by atoms with Crippen LogP contribution in [0, 0.1) is 0 Å². The largest absolute Gasteiger partial charge is 1.00 e. The molecule has 0 rings (SSSR count). The summed E-state index contributed by atoms with van der Waals surface area (Å²) >= 11 is 2.58. The molecule has 0 radical (unpaired) electrons. The maximum Gasteiger partial charge on any atom is -1.00 e. The minimum absolute atomic E-state index is 0. The van der Waals surface area contributed by atoms with Crippen LogP contribution in [0.15, 0.2) is 0 Å². The Hall–Kier alpha value is 1.40. The first-order valence-corrected chi connectivity index (χ1v) is 1.93. The van der Waals surface area contributed by atoms with E-state index in [4.69, 9.17) is 0 Å². The minimum atomic E-state index is 0. The molecule has 0 aromatic heterocycles. The van der Waals surface area contributed by atoms with Crippen molar-refractivity contribution in [2.75, 3.05) is 0 Å². The van der Waals surface area contributed by atoms with E-state index in [0.29, 0.717) is 0 Å². The predicted molar refractivity (Wildman–Crippen MR) is 16.2 cm³/mol. The molecule has 0 atom stereocenters. The topological polar surface area (TPSA) is 0 Å². The van der Waals surface area contributed by atoms with Crippen molar-refractivity contribution in [1.29, 1.82) is 0 Å². The average Bonchev–Trinajstić information content (AvgIpc) is 0.918. The third-order valence-electron chi connectivity index (χ3n) is 0. The van der Waals surface area contributed by atoms with Gasteiger partial charge in [0.1, 0.15) is 0 Å². The van der Waals surface area contributed by atoms with Crippen molar-refractivity contribution in [2.24, 2.45) is 0 Å². The van der Waals surface area contributed by atoms with Crippen LogP contribution in [-0.4, -0.2) is 16.3 Å². The zero-order valence-corrected chi connectivity index (χ0v) is 6.84. The molecule has 0 fully saturated rings. The summed E-state index contributed by atoms with van der Waals surface area (Å²) in [6.45, 7) is 2.09. The molecule has 0 nitrogen and oxygen atoms in total. The van der Waals surface area contributed by atoms with Crippen molar-refractivity contribution >= 4 is 16.3 Å². The first-order valence-electron chi connectivity index (χ1n) is 1.12. The summed E-state index contributed by atoms with van der Waals surface area (Å²) in [6.07, 6.45) is 0. The van der Waals surface area contributed by atoms with Crippen LogP contribution in [0.25, 0.3) is 0 Å². The fourth-order valence-corrected chi connectivity index (χ4v) is 0. The standard InChI is InChI=1S/C2H5.Al.3ClH/c1-2;;;;/h1H2,2H3;;3*1H/q;+2;;;/p-3. The Bertz CT molecular complexity index is 8.75. The van der Waals surface area contributed by atoms with Gasteiger partial charge in [-0.25, -0.2) is 0 Å². The van der Waals surface area contributed by atoms with Crippen LogP contribution < -0.4 is 37.2 Å². The fourth-order valence-electron chi connectivity index (χ4n) is 0. The van der Waals surface area contributed by atoms with Gasteiger partial charge in [-0.2, -0.15) is 0 Å². The smallest absolute Gasteiger partial charge is 1.00 e. The monoisotopic (exact) mass is 161 g/mol. The molecule has 0 saturated carbocycles. The molecule has 0 aromatic carbocycles. The van der Waals surface area contributed by atoms with Gasteiger partial charge < -0.3 is 37.2 Å². The average molecular weight is 162 g/mol. The molecule has 0 aliphatic carbocycles. The van der Waals surface area contributed by atoms with E-state index in [1.807, 2.05) is 0 Å². The molecule has 0 spiro atoms. The van der Waals surface area contributed by atoms with Crippen molar-refractivity contribution in [3.05, 3.63) is 0 Å². The van der Waals surface area contributed by atoms with Crippen LogP contribution >= 0.6 is 0 Å². The summed E-state index contributed by atoms with van der Waals surface area (Å²) in [7, 11) is 0. The van der Waals surface area contributed by atoms with E-state index >= 15 is 0 Å². The molecule has 4 heteroatoms. The second kappa shape index (κ2) is 32.4. The van der Waals surface area contributed by atoms with Gasteiger partial charge in [0.25, 0.3) is 0 Å². The molecule has 6 heavy (non-hydrogen) atoms. The van der Waals surface area contributed by atoms with E-state index in [2.05, 4.69) is 23.2 Å². The Morgan fingerprint density at radius 2 is 1.17 bits per heavy atom. The van der Waals surface area contributed by atoms with Crippen LogP contribution in [0.3, 0.4) is 0 Å². The number of halogens is 3. The van der Waals surface area contributed by atoms with Crippen molar-refractivity contribution in [3.8, 4) is 0 Å². The Balaban J connectivity index is -0.00000000667. The molecule has 0 aliphatic heterocycles. The van der Waals surface area contributed by atoms with Gasteiger partial charge >= 0.3 is 28.5 Å². The maximum absolute atomic E-state index is 2.58. The van der Waals surface area contributed by atoms with Crippen LogP contribution in [0.1, 0.15) is 6.92 Å². The van der Waals surface area contributed by atoms with Gasteiger partial charge in [0, 0.05) is 0 Å². The minimum Gasteiger partial charge on any atom is -1.00 e. The molecule has 0 N–H and O–H groups in total. The molecule has 0 aliphatic rings. The van der Waals surface area contributed by atoms with E-state index in [9.17, 15) is 0 Å². The van der Waals surface area contributed by atoms with Gasteiger partial charge in [0.2, 0.25) is 0 Å². The van der Waals surface area contributed by atoms with Crippen molar-refractivity contribution in [2.45, 2.75) is 12.2 Å². The van der Waals surface area contributed by atoms with Crippen LogP contribution in [0.5, 0.6) is 0 Å². The first kappa shape index (κ1) is 26.2. The second-order valence-corrected chi connectivity index (χ2v) is 1.22. The molecule has 0 bridgehead atoms. The Morgan fingerprint density at radius 3 is 1.17 bits per heavy atom. The van der Waals surface area contributed by atoms with Crippen molar-refractivity contribution in [1.82, 2.24) is 0 Å². The van der Waals surface area contributed by atoms with Gasteiger partial charge in [0.15, 0.2) is 0 Å². The van der Waals surface area contributed by atoms with Crippen molar-refractivity contribution in [3.63, 3.8) is 0 Å². The van der Waals surface area contributed by atoms with Gasteiger partial charge in [-0.1, -0.05) is 0 Å². The molecular weight excluding hydrogens is 157 g/mol. The molecule has 0 amide bonds. The van der Waals surface area contributed by atoms with Crippen molar-refractivity contribution < 1.29 is 37.2 Å². The van der Waals surface area contributed by atoms with Gasteiger partial charge in [0.05, 0.1) is 0 Å². The van der Waals surface area contributed by atoms with Crippen LogP contribution in [0.2, 0.25) is 5.28 Å². The van der Waals surface area contributed by atoms with E-state index < -0.39 is 0 Å². The zero-order valence-electron chi connectivity index (χ0n) is 3.42. The first-order chi connectivity index (χ1) is 1.41. The summed E-state index contributed by atoms with van der Waals surface area (Å²) < 4.78 is 0. The Labute approximate surface area is 65.7 Å². The predicted octanol–water partition coefficient (Wildman–Crippen LogP) is -8.39. The van der Waals surface area contributed by atoms with Gasteiger partial charge in [-0.3, -0.25) is 0 Å². The molecule has 38 valence electrons. The quantitative estimate of drug-likeness (QED) is 0.311. The third kappa shape index (κ3) is 53.2. The molecule has 0 heterocycles. The Kier molecular flexibility index (Phi) is 141. The summed E-state index contributed by atoms with van der Waals surface area (Å²) in [5.41, 5.74) is 0. The van der Waals surface area contributed by atoms with Gasteiger partial charge in [-0.15, -0.1) is 0 Å². The zero-order chi connectivity index (χ0) is 2.71. The normalized spacial score (nSPS) is 3.17. The summed E-state index contributed by atoms with van der Waals surface area (Å²) in [6, 6.07) is 0. The van der Waals surface area contributed by atoms with Crippen LogP contribution in [0.4, 0.5) is 0 Å². The van der Waals surface area contributed by atoms with Crippen LogP contribution in [-0.2, 0) is 0 Å². The SMILES string of the molecule is C[CH2][Al+2].[Cl-].[Cl-].[Cl-]. The number of hydrogen-bond acceptors (Lipinski definition) is 0. The molecule has 0 unspecified atom stereocenters. The van der Waals surface area contributed by atoms with E-state index in [1.54, 1.807) is 0 Å². The van der Waals surface area contributed by atoms with Gasteiger partial charge in [-0.05, 0) is 0 Å². The second-order valence-electron chi connectivity index (χ2n) is 0.408. The number of hydrogen-bond donors (Lipinski definition) is 0. The van der Waals surface area contributed by atoms with E-state index in [-0.39, 0.29) is 37.2 Å². The van der Waals surface area contributed by atoms with E-state index in [0.717, 1.165) is 0 Å².